The Labute approximate surface area is 150 Å². The molecule has 0 heterocycles. The van der Waals surface area contributed by atoms with E-state index in [1.165, 1.54) is 30.3 Å². The zero-order chi connectivity index (χ0) is 18.4. The largest absolute Gasteiger partial charge is 0.323 e. The summed E-state index contributed by atoms with van der Waals surface area (Å²) in [7, 11) is -3.89. The Morgan fingerprint density at radius 1 is 1.08 bits per heavy atom. The summed E-state index contributed by atoms with van der Waals surface area (Å²) >= 11 is 5.86. The van der Waals surface area contributed by atoms with Crippen molar-refractivity contribution in [2.45, 2.75) is 11.8 Å². The van der Waals surface area contributed by atoms with Gasteiger partial charge in [-0.1, -0.05) is 23.7 Å². The summed E-state index contributed by atoms with van der Waals surface area (Å²) in [6.45, 7) is 1.11. The Bertz CT molecular complexity index is 922. The second-order valence-electron chi connectivity index (χ2n) is 5.06. The molecular formula is C17H15ClN2O4S. The number of hydrogen-bond acceptors (Lipinski definition) is 4. The predicted octanol–water partition coefficient (Wildman–Crippen LogP) is 2.82. The van der Waals surface area contributed by atoms with E-state index in [4.69, 9.17) is 11.6 Å². The summed E-state index contributed by atoms with van der Waals surface area (Å²) < 4.78 is 25.5. The standard InChI is InChI=1S/C17H15ClN2O4S/c1-12(21)20-25(23,24)16-8-6-15(7-9-16)19-17(22)10-5-13-3-2-4-14(18)11-13/h2-11H,1H3,(H,19,22)(H,20,21). The van der Waals surface area contributed by atoms with E-state index in [1.54, 1.807) is 30.3 Å². The van der Waals surface area contributed by atoms with Gasteiger partial charge in [-0.05, 0) is 48.0 Å². The molecule has 2 aromatic rings. The maximum atomic E-state index is 11.9. The van der Waals surface area contributed by atoms with Gasteiger partial charge in [0.05, 0.1) is 4.90 Å². The molecule has 0 aromatic heterocycles. The first kappa shape index (κ1) is 18.7. The van der Waals surface area contributed by atoms with Crippen LogP contribution in [0.3, 0.4) is 0 Å². The fraction of sp³-hybridized carbons (Fsp3) is 0.0588. The van der Waals surface area contributed by atoms with Crippen LogP contribution in [0.2, 0.25) is 5.02 Å². The van der Waals surface area contributed by atoms with Crippen molar-refractivity contribution in [1.82, 2.24) is 4.72 Å². The third-order valence-corrected chi connectivity index (χ3v) is 4.67. The van der Waals surface area contributed by atoms with E-state index in [-0.39, 0.29) is 10.8 Å². The second kappa shape index (κ2) is 7.96. The summed E-state index contributed by atoms with van der Waals surface area (Å²) in [5.41, 5.74) is 1.20. The first-order valence-corrected chi connectivity index (χ1v) is 9.00. The molecule has 2 rings (SSSR count). The van der Waals surface area contributed by atoms with Gasteiger partial charge in [-0.2, -0.15) is 0 Å². The van der Waals surface area contributed by atoms with Gasteiger partial charge >= 0.3 is 0 Å². The van der Waals surface area contributed by atoms with Crippen molar-refractivity contribution in [3.8, 4) is 0 Å². The van der Waals surface area contributed by atoms with Crippen molar-refractivity contribution in [2.24, 2.45) is 0 Å². The lowest BCUT2D eigenvalue weighted by Crippen LogP contribution is -2.28. The van der Waals surface area contributed by atoms with Crippen molar-refractivity contribution in [2.75, 3.05) is 5.32 Å². The summed E-state index contributed by atoms with van der Waals surface area (Å²) in [4.78, 5) is 22.7. The second-order valence-corrected chi connectivity index (χ2v) is 7.18. The highest BCUT2D eigenvalue weighted by Crippen LogP contribution is 2.15. The van der Waals surface area contributed by atoms with Crippen molar-refractivity contribution in [1.29, 1.82) is 0 Å². The number of amides is 2. The average molecular weight is 379 g/mol. The fourth-order valence-electron chi connectivity index (χ4n) is 1.93. The Morgan fingerprint density at radius 2 is 1.76 bits per heavy atom. The molecule has 0 unspecified atom stereocenters. The highest BCUT2D eigenvalue weighted by Gasteiger charge is 2.15. The van der Waals surface area contributed by atoms with Gasteiger partial charge in [-0.25, -0.2) is 13.1 Å². The molecule has 2 aromatic carbocycles. The van der Waals surface area contributed by atoms with Gasteiger partial charge in [0, 0.05) is 23.7 Å². The maximum absolute atomic E-state index is 11.9. The molecule has 130 valence electrons. The normalized spacial score (nSPS) is 11.3. The van der Waals surface area contributed by atoms with Gasteiger partial charge in [-0.15, -0.1) is 0 Å². The third kappa shape index (κ3) is 5.74. The number of carbonyl (C=O) groups excluding carboxylic acids is 2. The van der Waals surface area contributed by atoms with Gasteiger partial charge < -0.3 is 5.32 Å². The molecule has 0 saturated heterocycles. The van der Waals surface area contributed by atoms with Crippen LogP contribution in [0.5, 0.6) is 0 Å². The SMILES string of the molecule is CC(=O)NS(=O)(=O)c1ccc(NC(=O)C=Cc2cccc(Cl)c2)cc1. The summed E-state index contributed by atoms with van der Waals surface area (Å²) in [5.74, 6) is -1.05. The molecule has 0 saturated carbocycles. The quantitative estimate of drug-likeness (QED) is 0.782. The number of sulfonamides is 1. The molecule has 0 atom stereocenters. The van der Waals surface area contributed by atoms with Gasteiger partial charge in [0.1, 0.15) is 0 Å². The first-order valence-electron chi connectivity index (χ1n) is 7.14. The van der Waals surface area contributed by atoms with E-state index in [0.29, 0.717) is 10.7 Å². The van der Waals surface area contributed by atoms with Gasteiger partial charge in [0.15, 0.2) is 0 Å². The van der Waals surface area contributed by atoms with Crippen LogP contribution in [0.1, 0.15) is 12.5 Å². The van der Waals surface area contributed by atoms with E-state index in [9.17, 15) is 18.0 Å². The van der Waals surface area contributed by atoms with Gasteiger partial charge in [0.25, 0.3) is 10.0 Å². The lowest BCUT2D eigenvalue weighted by molar-refractivity contribution is -0.117. The molecule has 2 N–H and O–H groups in total. The van der Waals surface area contributed by atoms with Crippen LogP contribution in [0, 0.1) is 0 Å². The highest BCUT2D eigenvalue weighted by atomic mass is 35.5. The highest BCUT2D eigenvalue weighted by molar-refractivity contribution is 7.90. The van der Waals surface area contributed by atoms with Crippen LogP contribution >= 0.6 is 11.6 Å². The minimum Gasteiger partial charge on any atom is -0.323 e. The Morgan fingerprint density at radius 3 is 2.36 bits per heavy atom. The van der Waals surface area contributed by atoms with Gasteiger partial charge in [-0.3, -0.25) is 9.59 Å². The molecule has 2 amide bonds. The lowest BCUT2D eigenvalue weighted by Gasteiger charge is -2.06. The first-order chi connectivity index (χ1) is 11.8. The topological polar surface area (TPSA) is 92.3 Å². The molecule has 0 aliphatic rings. The molecule has 0 radical (unpaired) electrons. The van der Waals surface area contributed by atoms with E-state index in [2.05, 4.69) is 5.32 Å². The van der Waals surface area contributed by atoms with Crippen molar-refractivity contribution in [3.05, 3.63) is 65.2 Å². The van der Waals surface area contributed by atoms with Crippen molar-refractivity contribution < 1.29 is 18.0 Å². The molecule has 8 heteroatoms. The molecule has 0 spiro atoms. The monoisotopic (exact) mass is 378 g/mol. The van der Waals surface area contributed by atoms with E-state index < -0.39 is 15.9 Å². The van der Waals surface area contributed by atoms with Crippen LogP contribution in [-0.4, -0.2) is 20.2 Å². The number of halogens is 1. The summed E-state index contributed by atoms with van der Waals surface area (Å²) in [5, 5.41) is 3.17. The van der Waals surface area contributed by atoms with Crippen molar-refractivity contribution >= 4 is 45.2 Å². The number of carbonyl (C=O) groups is 2. The minimum atomic E-state index is -3.89. The van der Waals surface area contributed by atoms with Crippen LogP contribution < -0.4 is 10.0 Å². The molecular weight excluding hydrogens is 364 g/mol. The van der Waals surface area contributed by atoms with Gasteiger partial charge in [0.2, 0.25) is 11.8 Å². The number of benzene rings is 2. The van der Waals surface area contributed by atoms with Crippen LogP contribution in [0.25, 0.3) is 6.08 Å². The Kier molecular flexibility index (Phi) is 5.95. The zero-order valence-corrected chi connectivity index (χ0v) is 14.8. The number of hydrogen-bond donors (Lipinski definition) is 2. The van der Waals surface area contributed by atoms with E-state index in [1.807, 2.05) is 4.72 Å². The van der Waals surface area contributed by atoms with Crippen molar-refractivity contribution in [3.63, 3.8) is 0 Å². The van der Waals surface area contributed by atoms with E-state index in [0.717, 1.165) is 12.5 Å². The smallest absolute Gasteiger partial charge is 0.264 e. The molecule has 0 aliphatic carbocycles. The summed E-state index contributed by atoms with van der Waals surface area (Å²) in [6, 6.07) is 12.5. The maximum Gasteiger partial charge on any atom is 0.264 e. The van der Waals surface area contributed by atoms with Crippen LogP contribution in [0.15, 0.2) is 59.5 Å². The number of nitrogens with one attached hydrogen (secondary N) is 2. The molecule has 25 heavy (non-hydrogen) atoms. The summed E-state index contributed by atoms with van der Waals surface area (Å²) in [6.07, 6.45) is 2.95. The molecule has 0 aliphatic heterocycles. The third-order valence-electron chi connectivity index (χ3n) is 2.99. The molecule has 6 nitrogen and oxygen atoms in total. The number of anilines is 1. The molecule has 0 bridgehead atoms. The van der Waals surface area contributed by atoms with Crippen LogP contribution in [0.4, 0.5) is 5.69 Å². The Hall–Kier alpha value is -2.64. The Balaban J connectivity index is 2.03. The minimum absolute atomic E-state index is 0.0739. The lowest BCUT2D eigenvalue weighted by atomic mass is 10.2. The number of rotatable bonds is 5. The predicted molar refractivity (Wildman–Crippen MR) is 96.6 cm³/mol. The zero-order valence-electron chi connectivity index (χ0n) is 13.2. The molecule has 0 fully saturated rings. The average Bonchev–Trinajstić information content (AvgIpc) is 2.52. The van der Waals surface area contributed by atoms with Crippen LogP contribution in [-0.2, 0) is 19.6 Å². The fourth-order valence-corrected chi connectivity index (χ4v) is 3.12. The van der Waals surface area contributed by atoms with E-state index >= 15 is 0 Å².